The molecule has 0 bridgehead atoms. The minimum atomic E-state index is -0.615. The largest absolute Gasteiger partial charge is 0.497 e. The highest BCUT2D eigenvalue weighted by Gasteiger charge is 2.29. The molecule has 1 aliphatic rings. The van der Waals surface area contributed by atoms with E-state index in [4.69, 9.17) is 9.47 Å². The van der Waals surface area contributed by atoms with Crippen molar-refractivity contribution in [1.29, 1.82) is 0 Å². The molecule has 3 rings (SSSR count). The SMILES string of the molecule is COc1ccc2c(c1)C(=O)CC(c1cc(Br)ccc1F)O2. The number of ether oxygens (including phenoxy) is 2. The summed E-state index contributed by atoms with van der Waals surface area (Å²) in [6, 6.07) is 9.64. The molecule has 0 aliphatic carbocycles. The number of fused-ring (bicyclic) bond motifs is 1. The van der Waals surface area contributed by atoms with Crippen LogP contribution in [-0.4, -0.2) is 12.9 Å². The second-order valence-corrected chi connectivity index (χ2v) is 5.68. The van der Waals surface area contributed by atoms with Gasteiger partial charge >= 0.3 is 0 Å². The van der Waals surface area contributed by atoms with Gasteiger partial charge in [0, 0.05) is 10.0 Å². The van der Waals surface area contributed by atoms with Gasteiger partial charge in [-0.2, -0.15) is 0 Å². The number of carbonyl (C=O) groups is 1. The maximum absolute atomic E-state index is 13.9. The fraction of sp³-hybridized carbons (Fsp3) is 0.188. The molecule has 2 aromatic rings. The lowest BCUT2D eigenvalue weighted by Gasteiger charge is -2.26. The average molecular weight is 351 g/mol. The first kappa shape index (κ1) is 14.1. The van der Waals surface area contributed by atoms with Crippen LogP contribution in [0.1, 0.15) is 28.4 Å². The van der Waals surface area contributed by atoms with Crippen LogP contribution < -0.4 is 9.47 Å². The van der Waals surface area contributed by atoms with E-state index in [1.807, 2.05) is 0 Å². The summed E-state index contributed by atoms with van der Waals surface area (Å²) in [5, 5.41) is 0. The molecule has 2 aromatic carbocycles. The van der Waals surface area contributed by atoms with E-state index in [0.717, 1.165) is 4.47 Å². The van der Waals surface area contributed by atoms with Crippen molar-refractivity contribution in [3.63, 3.8) is 0 Å². The fourth-order valence-electron chi connectivity index (χ4n) is 2.36. The molecule has 1 aliphatic heterocycles. The second kappa shape index (κ2) is 5.48. The van der Waals surface area contributed by atoms with E-state index in [1.165, 1.54) is 13.2 Å². The zero-order valence-corrected chi connectivity index (χ0v) is 12.8. The molecule has 0 fully saturated rings. The minimum absolute atomic E-state index is 0.0838. The van der Waals surface area contributed by atoms with Gasteiger partial charge < -0.3 is 9.47 Å². The summed E-state index contributed by atoms with van der Waals surface area (Å²) in [6.45, 7) is 0. The predicted octanol–water partition coefficient (Wildman–Crippen LogP) is 4.30. The van der Waals surface area contributed by atoms with Gasteiger partial charge in [0.25, 0.3) is 0 Å². The van der Waals surface area contributed by atoms with Crippen molar-refractivity contribution in [1.82, 2.24) is 0 Å². The molecule has 5 heteroatoms. The van der Waals surface area contributed by atoms with Crippen LogP contribution in [0.5, 0.6) is 11.5 Å². The third-order valence-electron chi connectivity index (χ3n) is 3.43. The molecular weight excluding hydrogens is 339 g/mol. The summed E-state index contributed by atoms with van der Waals surface area (Å²) < 4.78 is 25.6. The van der Waals surface area contributed by atoms with Crippen LogP contribution in [0.4, 0.5) is 4.39 Å². The van der Waals surface area contributed by atoms with Crippen LogP contribution in [0.2, 0.25) is 0 Å². The summed E-state index contributed by atoms with van der Waals surface area (Å²) >= 11 is 3.30. The maximum Gasteiger partial charge on any atom is 0.170 e. The number of Topliss-reactive ketones (excluding diaryl/α,β-unsaturated/α-hetero) is 1. The Morgan fingerprint density at radius 2 is 2.10 bits per heavy atom. The molecule has 0 N–H and O–H groups in total. The standard InChI is InChI=1S/C16H12BrFO3/c1-20-10-3-5-15-12(7-10)14(19)8-16(21-15)11-6-9(17)2-4-13(11)18/h2-7,16H,8H2,1H3. The number of benzene rings is 2. The zero-order chi connectivity index (χ0) is 15.0. The topological polar surface area (TPSA) is 35.5 Å². The molecule has 0 amide bonds. The van der Waals surface area contributed by atoms with Crippen LogP contribution in [0.15, 0.2) is 40.9 Å². The molecular formula is C16H12BrFO3. The lowest BCUT2D eigenvalue weighted by Crippen LogP contribution is -2.21. The number of carbonyl (C=O) groups excluding carboxylic acids is 1. The molecule has 0 saturated heterocycles. The summed E-state index contributed by atoms with van der Waals surface area (Å²) in [6.07, 6.45) is -0.510. The fourth-order valence-corrected chi connectivity index (χ4v) is 2.74. The van der Waals surface area contributed by atoms with E-state index in [9.17, 15) is 9.18 Å². The van der Waals surface area contributed by atoms with E-state index in [0.29, 0.717) is 22.6 Å². The number of methoxy groups -OCH3 is 1. The van der Waals surface area contributed by atoms with Crippen LogP contribution in [-0.2, 0) is 0 Å². The number of ketones is 1. The predicted molar refractivity (Wildman–Crippen MR) is 79.4 cm³/mol. The molecule has 0 spiro atoms. The van der Waals surface area contributed by atoms with Crippen molar-refractivity contribution in [3.05, 3.63) is 57.8 Å². The molecule has 1 unspecified atom stereocenters. The van der Waals surface area contributed by atoms with E-state index < -0.39 is 6.10 Å². The Balaban J connectivity index is 1.98. The van der Waals surface area contributed by atoms with E-state index >= 15 is 0 Å². The minimum Gasteiger partial charge on any atom is -0.497 e. The summed E-state index contributed by atoms with van der Waals surface area (Å²) in [4.78, 5) is 12.3. The van der Waals surface area contributed by atoms with Crippen LogP contribution in [0.25, 0.3) is 0 Å². The highest BCUT2D eigenvalue weighted by molar-refractivity contribution is 9.10. The first-order valence-electron chi connectivity index (χ1n) is 6.41. The van der Waals surface area contributed by atoms with Crippen molar-refractivity contribution in [2.24, 2.45) is 0 Å². The number of hydrogen-bond acceptors (Lipinski definition) is 3. The summed E-state index contributed by atoms with van der Waals surface area (Å²) in [5.41, 5.74) is 0.847. The molecule has 108 valence electrons. The Morgan fingerprint density at radius 3 is 2.86 bits per heavy atom. The first-order valence-corrected chi connectivity index (χ1v) is 7.20. The quantitative estimate of drug-likeness (QED) is 0.809. The average Bonchev–Trinajstić information content (AvgIpc) is 2.49. The third kappa shape index (κ3) is 2.65. The molecule has 1 atom stereocenters. The van der Waals surface area contributed by atoms with Crippen molar-refractivity contribution >= 4 is 21.7 Å². The Kier molecular flexibility index (Phi) is 3.68. The van der Waals surface area contributed by atoms with Gasteiger partial charge in [0.2, 0.25) is 0 Å². The highest BCUT2D eigenvalue weighted by atomic mass is 79.9. The number of rotatable bonds is 2. The molecule has 0 saturated carbocycles. The van der Waals surface area contributed by atoms with Crippen molar-refractivity contribution < 1.29 is 18.7 Å². The zero-order valence-electron chi connectivity index (χ0n) is 11.2. The molecule has 0 aromatic heterocycles. The highest BCUT2D eigenvalue weighted by Crippen LogP contribution is 2.37. The van der Waals surface area contributed by atoms with Gasteiger partial charge in [-0.05, 0) is 36.4 Å². The van der Waals surface area contributed by atoms with Gasteiger partial charge in [0.15, 0.2) is 5.78 Å². The maximum atomic E-state index is 13.9. The van der Waals surface area contributed by atoms with Crippen LogP contribution >= 0.6 is 15.9 Å². The lowest BCUT2D eigenvalue weighted by molar-refractivity contribution is 0.0845. The van der Waals surface area contributed by atoms with Crippen molar-refractivity contribution in [2.45, 2.75) is 12.5 Å². The van der Waals surface area contributed by atoms with E-state index in [2.05, 4.69) is 15.9 Å². The lowest BCUT2D eigenvalue weighted by atomic mass is 9.96. The molecule has 21 heavy (non-hydrogen) atoms. The van der Waals surface area contributed by atoms with Gasteiger partial charge in [-0.1, -0.05) is 15.9 Å². The Morgan fingerprint density at radius 1 is 1.29 bits per heavy atom. The van der Waals surface area contributed by atoms with Gasteiger partial charge in [-0.3, -0.25) is 4.79 Å². The monoisotopic (exact) mass is 350 g/mol. The molecule has 3 nitrogen and oxygen atoms in total. The van der Waals surface area contributed by atoms with Gasteiger partial charge in [-0.15, -0.1) is 0 Å². The Hall–Kier alpha value is -1.88. The second-order valence-electron chi connectivity index (χ2n) is 4.76. The van der Waals surface area contributed by atoms with Crippen molar-refractivity contribution in [3.8, 4) is 11.5 Å². The van der Waals surface area contributed by atoms with E-state index in [-0.39, 0.29) is 18.0 Å². The smallest absolute Gasteiger partial charge is 0.170 e. The number of hydrogen-bond donors (Lipinski definition) is 0. The van der Waals surface area contributed by atoms with Crippen molar-refractivity contribution in [2.75, 3.05) is 7.11 Å². The normalized spacial score (nSPS) is 17.1. The third-order valence-corrected chi connectivity index (χ3v) is 3.93. The van der Waals surface area contributed by atoms with Crippen LogP contribution in [0.3, 0.4) is 0 Å². The van der Waals surface area contributed by atoms with Gasteiger partial charge in [-0.25, -0.2) is 4.39 Å². The molecule has 0 radical (unpaired) electrons. The van der Waals surface area contributed by atoms with Crippen LogP contribution in [0, 0.1) is 5.82 Å². The molecule has 1 heterocycles. The Labute approximate surface area is 129 Å². The number of halogens is 2. The van der Waals surface area contributed by atoms with E-state index in [1.54, 1.807) is 30.3 Å². The Bertz CT molecular complexity index is 715. The first-order chi connectivity index (χ1) is 10.1. The summed E-state index contributed by atoms with van der Waals surface area (Å²) in [7, 11) is 1.54. The van der Waals surface area contributed by atoms with Gasteiger partial charge in [0.1, 0.15) is 23.4 Å². The van der Waals surface area contributed by atoms with Gasteiger partial charge in [0.05, 0.1) is 19.1 Å². The summed E-state index contributed by atoms with van der Waals surface area (Å²) in [5.74, 6) is 0.585.